The molecule has 1 heterocycles. The van der Waals surface area contributed by atoms with Gasteiger partial charge < -0.3 is 9.84 Å². The average Bonchev–Trinajstić information content (AvgIpc) is 2.45. The van der Waals surface area contributed by atoms with Gasteiger partial charge in [-0.2, -0.15) is 0 Å². The lowest BCUT2D eigenvalue weighted by Gasteiger charge is -2.33. The van der Waals surface area contributed by atoms with Crippen molar-refractivity contribution in [2.75, 3.05) is 6.54 Å². The number of rotatable bonds is 0. The van der Waals surface area contributed by atoms with E-state index in [0.29, 0.717) is 0 Å². The van der Waals surface area contributed by atoms with E-state index in [1.165, 1.54) is 0 Å². The van der Waals surface area contributed by atoms with Crippen LogP contribution in [-0.2, 0) is 4.74 Å². The summed E-state index contributed by atoms with van der Waals surface area (Å²) in [5.74, 6) is 0. The summed E-state index contributed by atoms with van der Waals surface area (Å²) in [6.07, 6.45) is 5.08. The molecule has 0 aromatic rings. The maximum Gasteiger partial charge on any atom is 0.170 e. The highest BCUT2D eigenvalue weighted by atomic mass is 16.5. The summed E-state index contributed by atoms with van der Waals surface area (Å²) in [5.41, 5.74) is -0.0285. The minimum Gasteiger partial charge on any atom is -0.475 e. The van der Waals surface area contributed by atoms with Crippen molar-refractivity contribution in [3.63, 3.8) is 0 Å². The summed E-state index contributed by atoms with van der Waals surface area (Å²) in [6, 6.07) is 0. The Labute approximate surface area is 66.1 Å². The molecule has 0 atom stereocenters. The lowest BCUT2D eigenvalue weighted by atomic mass is 9.83. The molecule has 0 aromatic carbocycles. The number of nitrogens with zero attached hydrogens (tertiary/aromatic N) is 1. The number of aliphatic hydroxyl groups is 1. The van der Waals surface area contributed by atoms with E-state index in [4.69, 9.17) is 4.74 Å². The molecule has 2 rings (SSSR count). The van der Waals surface area contributed by atoms with Gasteiger partial charge in [-0.15, -0.1) is 0 Å². The first-order valence-corrected chi connectivity index (χ1v) is 4.15. The summed E-state index contributed by atoms with van der Waals surface area (Å²) < 4.78 is 5.43. The highest BCUT2D eigenvalue weighted by Gasteiger charge is 2.38. The Bertz CT molecular complexity index is 161. The minimum absolute atomic E-state index is 0.0285. The van der Waals surface area contributed by atoms with E-state index in [9.17, 15) is 5.11 Å². The molecule has 2 aliphatic rings. The SMILES string of the molecule is OC1CCC2(CC1)CN=CO2. The fraction of sp³-hybridized carbons (Fsp3) is 0.875. The molecule has 0 saturated heterocycles. The van der Waals surface area contributed by atoms with Crippen molar-refractivity contribution >= 4 is 6.40 Å². The van der Waals surface area contributed by atoms with Crippen molar-refractivity contribution in [1.82, 2.24) is 0 Å². The summed E-state index contributed by atoms with van der Waals surface area (Å²) in [6.45, 7) is 0.791. The van der Waals surface area contributed by atoms with Crippen molar-refractivity contribution in [2.45, 2.75) is 37.4 Å². The zero-order chi connectivity index (χ0) is 7.73. The zero-order valence-electron chi connectivity index (χ0n) is 6.49. The van der Waals surface area contributed by atoms with Crippen molar-refractivity contribution in [2.24, 2.45) is 4.99 Å². The third-order valence-corrected chi connectivity index (χ3v) is 2.62. The Morgan fingerprint density at radius 1 is 1.45 bits per heavy atom. The molecule has 0 radical (unpaired) electrons. The summed E-state index contributed by atoms with van der Waals surface area (Å²) in [5, 5.41) is 9.26. The van der Waals surface area contributed by atoms with Crippen molar-refractivity contribution in [3.05, 3.63) is 0 Å². The van der Waals surface area contributed by atoms with Gasteiger partial charge in [-0.3, -0.25) is 4.99 Å². The maximum atomic E-state index is 9.26. The summed E-state index contributed by atoms with van der Waals surface area (Å²) >= 11 is 0. The van der Waals surface area contributed by atoms with E-state index in [1.807, 2.05) is 0 Å². The van der Waals surface area contributed by atoms with Crippen LogP contribution in [0.5, 0.6) is 0 Å². The summed E-state index contributed by atoms with van der Waals surface area (Å²) in [4.78, 5) is 4.06. The second-order valence-electron chi connectivity index (χ2n) is 3.48. The van der Waals surface area contributed by atoms with Crippen molar-refractivity contribution in [3.8, 4) is 0 Å². The second-order valence-corrected chi connectivity index (χ2v) is 3.48. The van der Waals surface area contributed by atoms with Crippen LogP contribution < -0.4 is 0 Å². The highest BCUT2D eigenvalue weighted by Crippen LogP contribution is 2.33. The molecule has 1 saturated carbocycles. The molecule has 1 fully saturated rings. The van der Waals surface area contributed by atoms with E-state index >= 15 is 0 Å². The van der Waals surface area contributed by atoms with Gasteiger partial charge >= 0.3 is 0 Å². The normalized spacial score (nSPS) is 42.8. The number of aliphatic imine (C=N–C) groups is 1. The largest absolute Gasteiger partial charge is 0.475 e. The van der Waals surface area contributed by atoms with E-state index < -0.39 is 0 Å². The molecule has 0 aromatic heterocycles. The van der Waals surface area contributed by atoms with Crippen LogP contribution >= 0.6 is 0 Å². The van der Waals surface area contributed by atoms with Crippen LogP contribution in [0.25, 0.3) is 0 Å². The number of ether oxygens (including phenoxy) is 1. The first-order valence-electron chi connectivity index (χ1n) is 4.15. The third kappa shape index (κ3) is 1.25. The number of hydrogen-bond acceptors (Lipinski definition) is 3. The van der Waals surface area contributed by atoms with Gasteiger partial charge in [0.05, 0.1) is 12.6 Å². The monoisotopic (exact) mass is 155 g/mol. The predicted octanol–water partition coefficient (Wildman–Crippen LogP) is 0.719. The van der Waals surface area contributed by atoms with Crippen molar-refractivity contribution < 1.29 is 9.84 Å². The smallest absolute Gasteiger partial charge is 0.170 e. The first kappa shape index (κ1) is 7.10. The highest BCUT2D eigenvalue weighted by molar-refractivity contribution is 5.50. The van der Waals surface area contributed by atoms with Gasteiger partial charge in [-0.05, 0) is 25.7 Å². The third-order valence-electron chi connectivity index (χ3n) is 2.62. The van der Waals surface area contributed by atoms with Crippen LogP contribution in [-0.4, -0.2) is 29.8 Å². The quantitative estimate of drug-likeness (QED) is 0.560. The molecule has 3 heteroatoms. The average molecular weight is 155 g/mol. The lowest BCUT2D eigenvalue weighted by Crippen LogP contribution is -2.38. The molecular weight excluding hydrogens is 142 g/mol. The fourth-order valence-electron chi connectivity index (χ4n) is 1.79. The minimum atomic E-state index is -0.107. The molecule has 1 spiro atoms. The van der Waals surface area contributed by atoms with Gasteiger partial charge in [-0.25, -0.2) is 0 Å². The molecule has 62 valence electrons. The van der Waals surface area contributed by atoms with Crippen LogP contribution in [0.2, 0.25) is 0 Å². The van der Waals surface area contributed by atoms with Gasteiger partial charge in [-0.1, -0.05) is 0 Å². The van der Waals surface area contributed by atoms with E-state index in [-0.39, 0.29) is 11.7 Å². The molecule has 0 unspecified atom stereocenters. The second kappa shape index (κ2) is 2.48. The Balaban J connectivity index is 1.96. The predicted molar refractivity (Wildman–Crippen MR) is 41.6 cm³/mol. The van der Waals surface area contributed by atoms with Crippen LogP contribution in [0, 0.1) is 0 Å². The Hall–Kier alpha value is -0.570. The molecule has 0 bridgehead atoms. The molecule has 3 nitrogen and oxygen atoms in total. The standard InChI is InChI=1S/C8H13NO2/c10-7-1-3-8(4-2-7)5-9-6-11-8/h6-7,10H,1-5H2. The molecule has 1 aliphatic heterocycles. The molecule has 1 N–H and O–H groups in total. The van der Waals surface area contributed by atoms with E-state index in [2.05, 4.69) is 4.99 Å². The van der Waals surface area contributed by atoms with Gasteiger partial charge in [0.2, 0.25) is 0 Å². The molecule has 1 aliphatic carbocycles. The summed E-state index contributed by atoms with van der Waals surface area (Å²) in [7, 11) is 0. The molecule has 11 heavy (non-hydrogen) atoms. The lowest BCUT2D eigenvalue weighted by molar-refractivity contribution is 0.00332. The van der Waals surface area contributed by atoms with Gasteiger partial charge in [0.15, 0.2) is 6.40 Å². The van der Waals surface area contributed by atoms with Crippen LogP contribution in [0.3, 0.4) is 0 Å². The molecular formula is C8H13NO2. The van der Waals surface area contributed by atoms with Gasteiger partial charge in [0, 0.05) is 0 Å². The van der Waals surface area contributed by atoms with Crippen LogP contribution in [0.15, 0.2) is 4.99 Å². The zero-order valence-corrected chi connectivity index (χ0v) is 6.49. The Morgan fingerprint density at radius 3 is 2.73 bits per heavy atom. The maximum absolute atomic E-state index is 9.26. The van der Waals surface area contributed by atoms with Gasteiger partial charge in [0.25, 0.3) is 0 Å². The van der Waals surface area contributed by atoms with Gasteiger partial charge in [0.1, 0.15) is 5.60 Å². The van der Waals surface area contributed by atoms with Crippen molar-refractivity contribution in [1.29, 1.82) is 0 Å². The van der Waals surface area contributed by atoms with Crippen LogP contribution in [0.1, 0.15) is 25.7 Å². The topological polar surface area (TPSA) is 41.8 Å². The number of hydrogen-bond donors (Lipinski definition) is 1. The number of aliphatic hydroxyl groups excluding tert-OH is 1. The first-order chi connectivity index (χ1) is 5.31. The van der Waals surface area contributed by atoms with E-state index in [0.717, 1.165) is 32.2 Å². The van der Waals surface area contributed by atoms with E-state index in [1.54, 1.807) is 6.40 Å². The Morgan fingerprint density at radius 2 is 2.18 bits per heavy atom. The Kier molecular flexibility index (Phi) is 1.60. The molecule has 0 amide bonds. The fourth-order valence-corrected chi connectivity index (χ4v) is 1.79. The van der Waals surface area contributed by atoms with Crippen LogP contribution in [0.4, 0.5) is 0 Å².